The molecular formula is C75H105Cl4Fe2N7O7. The Morgan fingerprint density at radius 1 is 0.526 bits per heavy atom. The molecule has 2 heterocycles. The Balaban J connectivity index is -0.00000140. The number of halogens is 4. The van der Waals surface area contributed by atoms with Crippen LogP contribution in [0.2, 0.25) is 0 Å². The number of nitrogens with zero attached hydrogens (tertiary/aromatic N) is 6. The standard InChI is InChI=1S/C41H48N4.C16H12N2O2.C12H19N.C4H10O.2CH4.4ClH.2Fe.4H2O/c1-26(2)32-18-13-19-33(27(3)4)40(32)42-24-37-36-17-10-11-22-39(36)45(44-37)25-38(31-16-12-15-30(9)23-31)43-41-34(28(5)6)20-14-21-35(41)29(7)8;19-11-14-13-8-4-5-9-15(13)18(17-14)10-16(20)12-6-2-1-3-7-12;1-8(2)10-6-5-7-11(9(3)4)12(10)13;1-2-3-4-5;;;;;;;;;;;;/h10-24,26-29H,25H2,1-9H3;1-9,11H,10H2;5-9H,13H2,1-4H3;5H,2-4H2,1H3;2*1H4;4*1H;;;4*1H2/q;;;;;;;;;;2*+2;;;;/p-4. The van der Waals surface area contributed by atoms with Crippen LogP contribution in [0.15, 0.2) is 168 Å². The van der Waals surface area contributed by atoms with E-state index in [0.717, 1.165) is 68.7 Å². The summed E-state index contributed by atoms with van der Waals surface area (Å²) in [6.07, 6.45) is 4.71. The molecule has 0 saturated heterocycles. The second-order valence-corrected chi connectivity index (χ2v) is 26.9. The minimum atomic E-state index is -0.0312. The van der Waals surface area contributed by atoms with Gasteiger partial charge in [-0.1, -0.05) is 262 Å². The minimum absolute atomic E-state index is 0. The van der Waals surface area contributed by atoms with Crippen LogP contribution in [0.5, 0.6) is 0 Å². The van der Waals surface area contributed by atoms with Gasteiger partial charge in [0.1, 0.15) is 17.9 Å². The molecule has 0 aliphatic heterocycles. The molecule has 9 rings (SSSR count). The summed E-state index contributed by atoms with van der Waals surface area (Å²) < 4.78 is 3.68. The van der Waals surface area contributed by atoms with Gasteiger partial charge >= 0.3 is 66.7 Å². The second-order valence-electron chi connectivity index (χ2n) is 23.2. The summed E-state index contributed by atoms with van der Waals surface area (Å²) in [5.41, 5.74) is 23.9. The van der Waals surface area contributed by atoms with Gasteiger partial charge in [0.15, 0.2) is 12.1 Å². The maximum absolute atomic E-state index is 12.2. The van der Waals surface area contributed by atoms with Crippen molar-refractivity contribution in [2.24, 2.45) is 9.98 Å². The SMILES string of the molecule is C.C.CC(C)c1cccc(C(C)C)c1N.CCCCO.Cc1cccc(C(Cn2nc(C=Nc3c(C(C)C)cccc3C(C)C)c3ccccc32)=Nc2c(C(C)C)cccc2C(C)C)c1.O.O.O.O.O=Cc1nn(CC(=O)c2ccccc2)c2ccccc12.[Cl][Fe][Cl].[Cl][Fe][Cl]. The number of aldehydes is 1. The molecule has 20 heteroatoms. The number of aromatic nitrogens is 4. The molecule has 7 aromatic carbocycles. The van der Waals surface area contributed by atoms with E-state index in [1.807, 2.05) is 48.7 Å². The number of aliphatic imine (C=N–C) groups is 2. The number of rotatable bonds is 18. The van der Waals surface area contributed by atoms with Crippen molar-refractivity contribution in [1.29, 1.82) is 0 Å². The molecule has 0 spiro atoms. The first kappa shape index (κ1) is 93.1. The fourth-order valence-electron chi connectivity index (χ4n) is 10.1. The summed E-state index contributed by atoms with van der Waals surface area (Å²) in [5.74, 6) is 2.47. The van der Waals surface area contributed by atoms with Gasteiger partial charge in [-0.05, 0) is 99.9 Å². The first-order valence-corrected chi connectivity index (χ1v) is 36.3. The van der Waals surface area contributed by atoms with Crippen LogP contribution in [-0.4, -0.2) is 77.2 Å². The molecular weight excluding hydrogens is 1360 g/mol. The fourth-order valence-corrected chi connectivity index (χ4v) is 10.1. The molecule has 0 bridgehead atoms. The number of fused-ring (bicyclic) bond motifs is 2. The number of para-hydroxylation sites is 5. The van der Waals surface area contributed by atoms with Crippen molar-refractivity contribution in [3.63, 3.8) is 0 Å². The number of nitrogen functional groups attached to an aromatic ring is 1. The Morgan fingerprint density at radius 3 is 1.29 bits per heavy atom. The number of anilines is 1. The van der Waals surface area contributed by atoms with E-state index in [-0.39, 0.29) is 75.4 Å². The molecule has 0 aliphatic rings. The van der Waals surface area contributed by atoms with Gasteiger partial charge in [0.25, 0.3) is 0 Å². The third kappa shape index (κ3) is 27.8. The topological polar surface area (TPSA) is 267 Å². The number of aliphatic hydroxyl groups excluding tert-OH is 1. The van der Waals surface area contributed by atoms with Crippen molar-refractivity contribution < 1.29 is 62.9 Å². The molecule has 0 aliphatic carbocycles. The molecule has 0 amide bonds. The van der Waals surface area contributed by atoms with Crippen LogP contribution in [0.1, 0.15) is 224 Å². The van der Waals surface area contributed by atoms with Crippen LogP contribution in [0.4, 0.5) is 17.1 Å². The third-order valence-corrected chi connectivity index (χ3v) is 14.7. The van der Waals surface area contributed by atoms with E-state index in [4.69, 9.17) is 66.3 Å². The number of carbonyl (C=O) groups excluding carboxylic acids is 2. The molecule has 2 aromatic heterocycles. The van der Waals surface area contributed by atoms with Gasteiger partial charge in [-0.15, -0.1) is 0 Å². The number of aryl methyl sites for hydroxylation is 1. The van der Waals surface area contributed by atoms with Gasteiger partial charge in [0.2, 0.25) is 0 Å². The van der Waals surface area contributed by atoms with E-state index < -0.39 is 0 Å². The monoisotopic (exact) mass is 1470 g/mol. The Labute approximate surface area is 596 Å². The molecule has 95 heavy (non-hydrogen) atoms. The molecule has 0 radical (unpaired) electrons. The average Bonchev–Trinajstić information content (AvgIpc) is 1.73. The van der Waals surface area contributed by atoms with Crippen LogP contribution in [0.25, 0.3) is 21.8 Å². The summed E-state index contributed by atoms with van der Waals surface area (Å²) in [7, 11) is 19.1. The number of Topliss-reactive ketones (excluding diaryl/α,β-unsaturated/α-hetero) is 1. The zero-order valence-corrected chi connectivity index (χ0v) is 61.1. The van der Waals surface area contributed by atoms with Crippen LogP contribution in [0.3, 0.4) is 0 Å². The molecule has 0 unspecified atom stereocenters. The Kier molecular flexibility index (Phi) is 47.7. The van der Waals surface area contributed by atoms with E-state index in [2.05, 4.69) is 210 Å². The van der Waals surface area contributed by atoms with Gasteiger partial charge in [0, 0.05) is 28.6 Å². The zero-order valence-electron chi connectivity index (χ0n) is 55.9. The van der Waals surface area contributed by atoms with E-state index in [1.54, 1.807) is 16.8 Å². The number of hydrogen-bond donors (Lipinski definition) is 2. The Bertz CT molecular complexity index is 3620. The number of carbonyl (C=O) groups is 2. The summed E-state index contributed by atoms with van der Waals surface area (Å²) in [6.45, 7) is 31.8. The fraction of sp³-hybridized carbons (Fsp3) is 0.360. The molecule has 0 fully saturated rings. The van der Waals surface area contributed by atoms with Crippen molar-refractivity contribution in [3.05, 3.63) is 219 Å². The Morgan fingerprint density at radius 2 is 0.895 bits per heavy atom. The van der Waals surface area contributed by atoms with E-state index in [1.165, 1.54) is 38.9 Å². The average molecular weight is 1470 g/mol. The predicted molar refractivity (Wildman–Crippen MR) is 402 cm³/mol. The van der Waals surface area contributed by atoms with Crippen LogP contribution in [0, 0.1) is 6.92 Å². The number of nitrogens with two attached hydrogens (primary N) is 1. The van der Waals surface area contributed by atoms with Gasteiger partial charge in [-0.25, -0.2) is 0 Å². The quantitative estimate of drug-likeness (QED) is 0.0277. The summed E-state index contributed by atoms with van der Waals surface area (Å²) in [6, 6.07) is 53.1. The van der Waals surface area contributed by atoms with Crippen molar-refractivity contribution >= 4 is 103 Å². The first-order chi connectivity index (χ1) is 42.6. The van der Waals surface area contributed by atoms with Gasteiger partial charge < -0.3 is 32.7 Å². The first-order valence-electron chi connectivity index (χ1n) is 30.2. The second kappa shape index (κ2) is 48.6. The summed E-state index contributed by atoms with van der Waals surface area (Å²) in [5, 5.41) is 19.3. The Hall–Kier alpha value is -6.04. The van der Waals surface area contributed by atoms with Gasteiger partial charge in [0.05, 0.1) is 40.9 Å². The van der Waals surface area contributed by atoms with Crippen molar-refractivity contribution in [1.82, 2.24) is 19.6 Å². The van der Waals surface area contributed by atoms with E-state index >= 15 is 0 Å². The summed E-state index contributed by atoms with van der Waals surface area (Å²) >= 11 is 0.389. The molecule has 526 valence electrons. The number of ketones is 1. The van der Waals surface area contributed by atoms with Crippen LogP contribution >= 0.6 is 40.4 Å². The normalized spacial score (nSPS) is 10.6. The number of unbranched alkanes of at least 4 members (excludes halogenated alkanes) is 1. The predicted octanol–water partition coefficient (Wildman–Crippen LogP) is 19.2. The van der Waals surface area contributed by atoms with Crippen LogP contribution < -0.4 is 5.73 Å². The van der Waals surface area contributed by atoms with Crippen molar-refractivity contribution in [2.75, 3.05) is 12.3 Å². The molecule has 0 atom stereocenters. The van der Waals surface area contributed by atoms with Crippen molar-refractivity contribution in [2.45, 2.75) is 173 Å². The number of aliphatic hydroxyl groups is 1. The third-order valence-electron chi connectivity index (χ3n) is 14.7. The van der Waals surface area contributed by atoms with E-state index in [9.17, 15) is 9.59 Å². The molecule has 0 saturated carbocycles. The maximum atomic E-state index is 12.2. The molecule has 11 N–H and O–H groups in total. The number of benzene rings is 7. The molecule has 14 nitrogen and oxygen atoms in total. The summed E-state index contributed by atoms with van der Waals surface area (Å²) in [4.78, 5) is 33.9. The van der Waals surface area contributed by atoms with Crippen molar-refractivity contribution in [3.8, 4) is 0 Å². The number of hydrogen-bond acceptors (Lipinski definition) is 8. The van der Waals surface area contributed by atoms with Gasteiger partial charge in [-0.3, -0.25) is 28.9 Å². The zero-order chi connectivity index (χ0) is 65.7. The van der Waals surface area contributed by atoms with E-state index in [0.29, 0.717) is 66.2 Å². The van der Waals surface area contributed by atoms with Crippen LogP contribution in [-0.2, 0) is 39.4 Å². The van der Waals surface area contributed by atoms with Gasteiger partial charge in [-0.2, -0.15) is 10.2 Å². The molecule has 9 aromatic rings.